The summed E-state index contributed by atoms with van der Waals surface area (Å²) in [6.45, 7) is 4.36. The fourth-order valence-corrected chi connectivity index (χ4v) is 1.47. The molecule has 0 heterocycles. The van der Waals surface area contributed by atoms with Crippen molar-refractivity contribution in [2.45, 2.75) is 20.3 Å². The Hall–Kier alpha value is -1.61. The van der Waals surface area contributed by atoms with Crippen molar-refractivity contribution in [3.63, 3.8) is 0 Å². The Morgan fingerprint density at radius 1 is 1.35 bits per heavy atom. The molecule has 92 valence electrons. The highest BCUT2D eigenvalue weighted by Gasteiger charge is 2.04. The van der Waals surface area contributed by atoms with Crippen LogP contribution in [0, 0.1) is 0 Å². The molecule has 0 spiro atoms. The quantitative estimate of drug-likeness (QED) is 0.763. The summed E-state index contributed by atoms with van der Waals surface area (Å²) in [7, 11) is 0. The maximum Gasteiger partial charge on any atom is 0.251 e. The fourth-order valence-electron chi connectivity index (χ4n) is 1.47. The second-order valence-electron chi connectivity index (χ2n) is 3.99. The first-order valence-electron chi connectivity index (χ1n) is 5.77. The van der Waals surface area contributed by atoms with Crippen LogP contribution >= 0.6 is 0 Å². The maximum absolute atomic E-state index is 11.6. The molecule has 0 aliphatic carbocycles. The molecule has 0 fully saturated rings. The molecule has 0 aliphatic heterocycles. The monoisotopic (exact) mass is 233 g/mol. The number of aliphatic hydroxyl groups is 1. The summed E-state index contributed by atoms with van der Waals surface area (Å²) in [6.07, 6.45) is 3.00. The molecule has 0 radical (unpaired) electrons. The Morgan fingerprint density at radius 3 is 2.53 bits per heavy atom. The van der Waals surface area contributed by atoms with Gasteiger partial charge in [0.25, 0.3) is 5.91 Å². The summed E-state index contributed by atoms with van der Waals surface area (Å²) < 4.78 is 0. The van der Waals surface area contributed by atoms with Crippen LogP contribution < -0.4 is 5.32 Å². The van der Waals surface area contributed by atoms with E-state index in [4.69, 9.17) is 5.11 Å². The van der Waals surface area contributed by atoms with Crippen LogP contribution in [0.25, 0.3) is 0 Å². The van der Waals surface area contributed by atoms with Crippen LogP contribution in [-0.4, -0.2) is 24.2 Å². The van der Waals surface area contributed by atoms with Gasteiger partial charge >= 0.3 is 0 Å². The zero-order chi connectivity index (χ0) is 12.7. The Balaban J connectivity index is 2.64. The van der Waals surface area contributed by atoms with Gasteiger partial charge in [-0.25, -0.2) is 0 Å². The van der Waals surface area contributed by atoms with E-state index in [0.717, 1.165) is 6.42 Å². The van der Waals surface area contributed by atoms with Gasteiger partial charge in [0, 0.05) is 12.1 Å². The van der Waals surface area contributed by atoms with Gasteiger partial charge in [0.15, 0.2) is 0 Å². The Bertz CT molecular complexity index is 393. The SMILES string of the molecule is C/C=C(\C)Cc1ccc(C(=O)NCCO)cc1. The molecule has 0 aromatic heterocycles. The van der Waals surface area contributed by atoms with Crippen LogP contribution in [-0.2, 0) is 6.42 Å². The zero-order valence-electron chi connectivity index (χ0n) is 10.4. The molecule has 1 aromatic rings. The van der Waals surface area contributed by atoms with Gasteiger partial charge in [0.05, 0.1) is 6.61 Å². The predicted molar refractivity (Wildman–Crippen MR) is 69.0 cm³/mol. The Labute approximate surface area is 102 Å². The second kappa shape index (κ2) is 6.86. The normalized spacial score (nSPS) is 11.4. The van der Waals surface area contributed by atoms with Gasteiger partial charge in [-0.3, -0.25) is 4.79 Å². The van der Waals surface area contributed by atoms with Crippen molar-refractivity contribution in [1.29, 1.82) is 0 Å². The molecular formula is C14H19NO2. The van der Waals surface area contributed by atoms with E-state index >= 15 is 0 Å². The summed E-state index contributed by atoms with van der Waals surface area (Å²) in [6, 6.07) is 7.54. The average molecular weight is 233 g/mol. The highest BCUT2D eigenvalue weighted by Crippen LogP contribution is 2.09. The van der Waals surface area contributed by atoms with Crippen LogP contribution in [0.2, 0.25) is 0 Å². The minimum atomic E-state index is -0.145. The highest BCUT2D eigenvalue weighted by atomic mass is 16.3. The van der Waals surface area contributed by atoms with Gasteiger partial charge < -0.3 is 10.4 Å². The minimum absolute atomic E-state index is 0.0374. The van der Waals surface area contributed by atoms with Gasteiger partial charge in [-0.05, 0) is 38.0 Å². The van der Waals surface area contributed by atoms with Crippen molar-refractivity contribution in [2.24, 2.45) is 0 Å². The summed E-state index contributed by atoms with van der Waals surface area (Å²) in [5.41, 5.74) is 3.13. The number of hydrogen-bond donors (Lipinski definition) is 2. The van der Waals surface area contributed by atoms with Crippen molar-refractivity contribution >= 4 is 5.91 Å². The van der Waals surface area contributed by atoms with E-state index in [-0.39, 0.29) is 19.1 Å². The van der Waals surface area contributed by atoms with Crippen molar-refractivity contribution in [3.8, 4) is 0 Å². The number of aliphatic hydroxyl groups excluding tert-OH is 1. The van der Waals surface area contributed by atoms with Crippen molar-refractivity contribution < 1.29 is 9.90 Å². The minimum Gasteiger partial charge on any atom is -0.395 e. The van der Waals surface area contributed by atoms with Gasteiger partial charge in [0.2, 0.25) is 0 Å². The van der Waals surface area contributed by atoms with E-state index in [1.807, 2.05) is 31.2 Å². The number of carbonyl (C=O) groups is 1. The average Bonchev–Trinajstić information content (AvgIpc) is 2.36. The van der Waals surface area contributed by atoms with Crippen LogP contribution in [0.15, 0.2) is 35.9 Å². The standard InChI is InChI=1S/C14H19NO2/c1-3-11(2)10-12-4-6-13(7-5-12)14(17)15-8-9-16/h3-7,16H,8-10H2,1-2H3,(H,15,17)/b11-3+. The lowest BCUT2D eigenvalue weighted by atomic mass is 10.0. The van der Waals surface area contributed by atoms with Crippen molar-refractivity contribution in [1.82, 2.24) is 5.32 Å². The molecule has 0 unspecified atom stereocenters. The maximum atomic E-state index is 11.6. The van der Waals surface area contributed by atoms with Crippen LogP contribution in [0.5, 0.6) is 0 Å². The van der Waals surface area contributed by atoms with Crippen LogP contribution in [0.4, 0.5) is 0 Å². The number of allylic oxidation sites excluding steroid dienone is 2. The van der Waals surface area contributed by atoms with Gasteiger partial charge in [-0.1, -0.05) is 23.8 Å². The summed E-state index contributed by atoms with van der Waals surface area (Å²) in [4.78, 5) is 11.6. The third-order valence-electron chi connectivity index (χ3n) is 2.59. The molecule has 1 aromatic carbocycles. The first-order chi connectivity index (χ1) is 8.17. The number of hydrogen-bond acceptors (Lipinski definition) is 2. The largest absolute Gasteiger partial charge is 0.395 e. The van der Waals surface area contributed by atoms with Crippen molar-refractivity contribution in [2.75, 3.05) is 13.2 Å². The number of nitrogens with one attached hydrogen (secondary N) is 1. The molecule has 0 saturated carbocycles. The molecule has 0 aliphatic rings. The van der Waals surface area contributed by atoms with Crippen molar-refractivity contribution in [3.05, 3.63) is 47.0 Å². The predicted octanol–water partition coefficient (Wildman–Crippen LogP) is 1.92. The molecule has 1 amide bonds. The van der Waals surface area contributed by atoms with Crippen LogP contribution in [0.3, 0.4) is 0 Å². The molecule has 3 heteroatoms. The van der Waals surface area contributed by atoms with E-state index in [9.17, 15) is 4.79 Å². The highest BCUT2D eigenvalue weighted by molar-refractivity contribution is 5.94. The number of carbonyl (C=O) groups excluding carboxylic acids is 1. The van der Waals surface area contributed by atoms with Gasteiger partial charge in [0.1, 0.15) is 0 Å². The fraction of sp³-hybridized carbons (Fsp3) is 0.357. The summed E-state index contributed by atoms with van der Waals surface area (Å²) >= 11 is 0. The molecule has 17 heavy (non-hydrogen) atoms. The second-order valence-corrected chi connectivity index (χ2v) is 3.99. The van der Waals surface area contributed by atoms with Gasteiger partial charge in [-0.15, -0.1) is 0 Å². The Morgan fingerprint density at radius 2 is 2.00 bits per heavy atom. The lowest BCUT2D eigenvalue weighted by Crippen LogP contribution is -2.26. The molecular weight excluding hydrogens is 214 g/mol. The van der Waals surface area contributed by atoms with Crippen LogP contribution in [0.1, 0.15) is 29.8 Å². The molecule has 3 nitrogen and oxygen atoms in total. The van der Waals surface area contributed by atoms with Gasteiger partial charge in [-0.2, -0.15) is 0 Å². The summed E-state index contributed by atoms with van der Waals surface area (Å²) in [5.74, 6) is -0.145. The number of rotatable bonds is 5. The first kappa shape index (κ1) is 13.5. The lowest BCUT2D eigenvalue weighted by Gasteiger charge is -2.05. The third kappa shape index (κ3) is 4.41. The van der Waals surface area contributed by atoms with E-state index in [1.165, 1.54) is 11.1 Å². The molecule has 1 rings (SSSR count). The molecule has 0 atom stereocenters. The summed E-state index contributed by atoms with van der Waals surface area (Å²) in [5, 5.41) is 11.2. The lowest BCUT2D eigenvalue weighted by molar-refractivity contribution is 0.0945. The smallest absolute Gasteiger partial charge is 0.251 e. The molecule has 0 saturated heterocycles. The number of amides is 1. The molecule has 0 bridgehead atoms. The van der Waals surface area contributed by atoms with E-state index < -0.39 is 0 Å². The third-order valence-corrected chi connectivity index (χ3v) is 2.59. The van der Waals surface area contributed by atoms with E-state index in [1.54, 1.807) is 0 Å². The first-order valence-corrected chi connectivity index (χ1v) is 5.77. The van der Waals surface area contributed by atoms with E-state index in [2.05, 4.69) is 18.3 Å². The van der Waals surface area contributed by atoms with E-state index in [0.29, 0.717) is 5.56 Å². The molecule has 2 N–H and O–H groups in total. The number of benzene rings is 1. The zero-order valence-corrected chi connectivity index (χ0v) is 10.4. The topological polar surface area (TPSA) is 49.3 Å². The Kier molecular flexibility index (Phi) is 5.43.